The van der Waals surface area contributed by atoms with E-state index >= 15 is 0 Å². The lowest BCUT2D eigenvalue weighted by Gasteiger charge is -2.39. The van der Waals surface area contributed by atoms with Crippen molar-refractivity contribution in [2.75, 3.05) is 13.2 Å². The molecule has 2 fully saturated rings. The highest BCUT2D eigenvalue weighted by molar-refractivity contribution is 5.94. The van der Waals surface area contributed by atoms with Crippen LogP contribution in [0.2, 0.25) is 0 Å². The lowest BCUT2D eigenvalue weighted by atomic mass is 9.76. The van der Waals surface area contributed by atoms with Crippen LogP contribution in [0.4, 0.5) is 0 Å². The molecule has 1 aliphatic carbocycles. The number of rotatable bonds is 7. The SMILES string of the molecule is C=C1C(CC2CC(O)C(O)C(COC3CCC(CO)O3)O2)=C(c2cc(C)c(C)c(C)c2)Cc2cccc(C)c21. The molecule has 0 amide bonds. The molecule has 6 atom stereocenters. The van der Waals surface area contributed by atoms with E-state index in [4.69, 9.17) is 14.2 Å². The zero-order chi connectivity index (χ0) is 27.8. The first-order chi connectivity index (χ1) is 18.7. The van der Waals surface area contributed by atoms with Crippen molar-refractivity contribution in [3.05, 3.63) is 81.4 Å². The molecule has 6 heteroatoms. The molecule has 39 heavy (non-hydrogen) atoms. The Balaban J connectivity index is 1.42. The molecule has 2 heterocycles. The topological polar surface area (TPSA) is 88.4 Å². The fourth-order valence-corrected chi connectivity index (χ4v) is 6.34. The maximum Gasteiger partial charge on any atom is 0.158 e. The number of hydrogen-bond donors (Lipinski definition) is 3. The molecule has 2 aromatic carbocycles. The molecule has 0 aromatic heterocycles. The zero-order valence-corrected chi connectivity index (χ0v) is 23.6. The molecule has 0 saturated carbocycles. The molecule has 2 aliphatic heterocycles. The first-order valence-corrected chi connectivity index (χ1v) is 14.1. The minimum Gasteiger partial charge on any atom is -0.394 e. The molecule has 6 nitrogen and oxygen atoms in total. The van der Waals surface area contributed by atoms with E-state index in [0.717, 1.165) is 24.0 Å². The number of hydrogen-bond acceptors (Lipinski definition) is 6. The molecular formula is C33H42O6. The highest BCUT2D eigenvalue weighted by Gasteiger charge is 2.39. The quantitative estimate of drug-likeness (QED) is 0.476. The molecular weight excluding hydrogens is 492 g/mol. The normalized spacial score (nSPS) is 29.2. The zero-order valence-electron chi connectivity index (χ0n) is 23.6. The van der Waals surface area contributed by atoms with Gasteiger partial charge in [0.25, 0.3) is 0 Å². The third kappa shape index (κ3) is 5.78. The predicted octanol–water partition coefficient (Wildman–Crippen LogP) is 4.73. The van der Waals surface area contributed by atoms with Crippen molar-refractivity contribution < 1.29 is 29.5 Å². The van der Waals surface area contributed by atoms with E-state index in [-0.39, 0.29) is 25.4 Å². The molecule has 3 aliphatic rings. The Hall–Kier alpha value is -2.32. The summed E-state index contributed by atoms with van der Waals surface area (Å²) < 4.78 is 17.9. The van der Waals surface area contributed by atoms with E-state index in [0.29, 0.717) is 19.3 Å². The first kappa shape index (κ1) is 28.2. The fourth-order valence-electron chi connectivity index (χ4n) is 6.34. The Labute approximate surface area is 231 Å². The summed E-state index contributed by atoms with van der Waals surface area (Å²) in [4.78, 5) is 0. The Kier molecular flexibility index (Phi) is 8.43. The second-order valence-corrected chi connectivity index (χ2v) is 11.5. The largest absolute Gasteiger partial charge is 0.394 e. The molecule has 0 bridgehead atoms. The second kappa shape index (κ2) is 11.7. The van der Waals surface area contributed by atoms with Gasteiger partial charge in [-0.05, 0) is 103 Å². The maximum absolute atomic E-state index is 10.8. The minimum atomic E-state index is -1.04. The van der Waals surface area contributed by atoms with Crippen molar-refractivity contribution in [1.82, 2.24) is 0 Å². The fraction of sp³-hybridized carbons (Fsp3) is 0.515. The van der Waals surface area contributed by atoms with Gasteiger partial charge in [0.05, 0.1) is 31.5 Å². The van der Waals surface area contributed by atoms with Gasteiger partial charge in [-0.15, -0.1) is 0 Å². The summed E-state index contributed by atoms with van der Waals surface area (Å²) in [6, 6.07) is 11.0. The summed E-state index contributed by atoms with van der Waals surface area (Å²) in [6.45, 7) is 13.3. The van der Waals surface area contributed by atoms with Gasteiger partial charge in [0.2, 0.25) is 0 Å². The van der Waals surface area contributed by atoms with E-state index < -0.39 is 24.6 Å². The van der Waals surface area contributed by atoms with Crippen molar-refractivity contribution in [2.45, 2.75) is 96.6 Å². The van der Waals surface area contributed by atoms with Gasteiger partial charge in [-0.3, -0.25) is 0 Å². The molecule has 0 spiro atoms. The van der Waals surface area contributed by atoms with Gasteiger partial charge in [0.1, 0.15) is 12.2 Å². The summed E-state index contributed by atoms with van der Waals surface area (Å²) in [6.07, 6.45) is -0.423. The van der Waals surface area contributed by atoms with Crippen molar-refractivity contribution in [2.24, 2.45) is 0 Å². The monoisotopic (exact) mass is 534 g/mol. The lowest BCUT2D eigenvalue weighted by Crippen LogP contribution is -2.50. The molecule has 210 valence electrons. The highest BCUT2D eigenvalue weighted by atomic mass is 16.7. The van der Waals surface area contributed by atoms with Gasteiger partial charge in [0, 0.05) is 12.8 Å². The molecule has 2 aromatic rings. The standard InChI is InChI=1S/C33H42O6/c1-18-7-6-8-23-13-28(24-11-19(2)21(4)20(3)12-24)27(22(5)32(18)23)14-26-15-29(35)33(36)30(38-26)17-37-31-10-9-25(16-34)39-31/h6-8,11-12,25-26,29-31,33-36H,5,9-10,13-17H2,1-4H3. The maximum atomic E-state index is 10.8. The number of aliphatic hydroxyl groups is 3. The summed E-state index contributed by atoms with van der Waals surface area (Å²) in [5, 5.41) is 30.8. The van der Waals surface area contributed by atoms with E-state index in [1.54, 1.807) is 0 Å². The van der Waals surface area contributed by atoms with Crippen LogP contribution >= 0.6 is 0 Å². The van der Waals surface area contributed by atoms with Crippen LogP contribution in [0.25, 0.3) is 11.1 Å². The van der Waals surface area contributed by atoms with Crippen LogP contribution in [0.5, 0.6) is 0 Å². The Morgan fingerprint density at radius 2 is 1.72 bits per heavy atom. The summed E-state index contributed by atoms with van der Waals surface area (Å²) in [7, 11) is 0. The van der Waals surface area contributed by atoms with Crippen molar-refractivity contribution in [3.8, 4) is 0 Å². The number of ether oxygens (including phenoxy) is 3. The Bertz CT molecular complexity index is 1240. The third-order valence-corrected chi connectivity index (χ3v) is 8.83. The number of benzene rings is 2. The minimum absolute atomic E-state index is 0.0346. The average Bonchev–Trinajstić information content (AvgIpc) is 3.37. The summed E-state index contributed by atoms with van der Waals surface area (Å²) in [5.74, 6) is 0. The predicted molar refractivity (Wildman–Crippen MR) is 152 cm³/mol. The van der Waals surface area contributed by atoms with Crippen LogP contribution < -0.4 is 0 Å². The van der Waals surface area contributed by atoms with Crippen LogP contribution in [0.1, 0.15) is 64.6 Å². The van der Waals surface area contributed by atoms with E-state index in [1.807, 2.05) is 0 Å². The lowest BCUT2D eigenvalue weighted by molar-refractivity contribution is -0.214. The summed E-state index contributed by atoms with van der Waals surface area (Å²) in [5.41, 5.74) is 12.1. The van der Waals surface area contributed by atoms with Crippen LogP contribution in [-0.4, -0.2) is 65.3 Å². The van der Waals surface area contributed by atoms with Crippen LogP contribution in [0, 0.1) is 27.7 Å². The van der Waals surface area contributed by atoms with Gasteiger partial charge in [-0.2, -0.15) is 0 Å². The van der Waals surface area contributed by atoms with Crippen molar-refractivity contribution >= 4 is 11.1 Å². The van der Waals surface area contributed by atoms with Gasteiger partial charge >= 0.3 is 0 Å². The van der Waals surface area contributed by atoms with E-state index in [1.165, 1.54) is 44.5 Å². The van der Waals surface area contributed by atoms with Crippen LogP contribution in [0.3, 0.4) is 0 Å². The number of fused-ring (bicyclic) bond motifs is 1. The van der Waals surface area contributed by atoms with Crippen molar-refractivity contribution in [3.63, 3.8) is 0 Å². The van der Waals surface area contributed by atoms with E-state index in [9.17, 15) is 15.3 Å². The summed E-state index contributed by atoms with van der Waals surface area (Å²) >= 11 is 0. The Morgan fingerprint density at radius 3 is 2.41 bits per heavy atom. The van der Waals surface area contributed by atoms with Gasteiger partial charge < -0.3 is 29.5 Å². The smallest absolute Gasteiger partial charge is 0.158 e. The highest BCUT2D eigenvalue weighted by Crippen LogP contribution is 2.44. The molecule has 2 saturated heterocycles. The molecule has 3 N–H and O–H groups in total. The molecule has 6 unspecified atom stereocenters. The van der Waals surface area contributed by atoms with Gasteiger partial charge in [-0.25, -0.2) is 0 Å². The van der Waals surface area contributed by atoms with E-state index in [2.05, 4.69) is 64.6 Å². The number of aliphatic hydroxyl groups excluding tert-OH is 3. The molecule has 5 rings (SSSR count). The van der Waals surface area contributed by atoms with Crippen molar-refractivity contribution in [1.29, 1.82) is 0 Å². The first-order valence-electron chi connectivity index (χ1n) is 14.1. The van der Waals surface area contributed by atoms with Gasteiger partial charge in [0.15, 0.2) is 6.29 Å². The Morgan fingerprint density at radius 1 is 0.974 bits per heavy atom. The number of allylic oxidation sites excluding steroid dienone is 2. The van der Waals surface area contributed by atoms with Gasteiger partial charge in [-0.1, -0.05) is 36.9 Å². The average molecular weight is 535 g/mol. The second-order valence-electron chi connectivity index (χ2n) is 11.5. The molecule has 0 radical (unpaired) electrons. The van der Waals surface area contributed by atoms with Crippen LogP contribution in [0.15, 0.2) is 42.5 Å². The van der Waals surface area contributed by atoms with Crippen LogP contribution in [-0.2, 0) is 20.6 Å². The third-order valence-electron chi connectivity index (χ3n) is 8.83. The number of aryl methyl sites for hydroxylation is 3.